The van der Waals surface area contributed by atoms with E-state index in [4.69, 9.17) is 4.74 Å². The van der Waals surface area contributed by atoms with E-state index < -0.39 is 9.84 Å². The average Bonchev–Trinajstić information content (AvgIpc) is 2.71. The maximum Gasteiger partial charge on any atom is 0.183 e. The van der Waals surface area contributed by atoms with Gasteiger partial charge in [-0.2, -0.15) is 0 Å². The van der Waals surface area contributed by atoms with Gasteiger partial charge in [-0.3, -0.25) is 0 Å². The molecule has 4 heteroatoms. The van der Waals surface area contributed by atoms with Gasteiger partial charge in [0.15, 0.2) is 9.84 Å². The zero-order chi connectivity index (χ0) is 10.9. The maximum absolute atomic E-state index is 12.1. The van der Waals surface area contributed by atoms with Crippen molar-refractivity contribution in [1.82, 2.24) is 0 Å². The lowest BCUT2D eigenvalue weighted by Gasteiger charge is -2.09. The lowest BCUT2D eigenvalue weighted by atomic mass is 10.2. The lowest BCUT2D eigenvalue weighted by Crippen LogP contribution is -2.21. The van der Waals surface area contributed by atoms with Crippen molar-refractivity contribution in [2.75, 3.05) is 13.2 Å². The number of aryl methyl sites for hydroxylation is 1. The second-order valence-corrected chi connectivity index (χ2v) is 6.07. The van der Waals surface area contributed by atoms with Crippen LogP contribution in [0, 0.1) is 6.92 Å². The molecule has 0 radical (unpaired) electrons. The molecule has 0 aliphatic carbocycles. The average molecular weight is 226 g/mol. The Labute approximate surface area is 90.0 Å². The molecule has 3 nitrogen and oxygen atoms in total. The summed E-state index contributed by atoms with van der Waals surface area (Å²) in [6.45, 7) is 2.82. The fraction of sp³-hybridized carbons (Fsp3) is 0.455. The Morgan fingerprint density at radius 3 is 2.47 bits per heavy atom. The van der Waals surface area contributed by atoms with Gasteiger partial charge in [0, 0.05) is 6.61 Å². The van der Waals surface area contributed by atoms with Crippen LogP contribution in [0.3, 0.4) is 0 Å². The van der Waals surface area contributed by atoms with E-state index in [2.05, 4.69) is 0 Å². The molecule has 0 bridgehead atoms. The van der Waals surface area contributed by atoms with Gasteiger partial charge in [-0.1, -0.05) is 17.7 Å². The molecule has 15 heavy (non-hydrogen) atoms. The van der Waals surface area contributed by atoms with E-state index in [0.717, 1.165) is 5.56 Å². The van der Waals surface area contributed by atoms with Crippen molar-refractivity contribution >= 4 is 9.84 Å². The first kappa shape index (κ1) is 10.6. The van der Waals surface area contributed by atoms with Crippen molar-refractivity contribution in [3.63, 3.8) is 0 Å². The number of hydrogen-bond donors (Lipinski definition) is 0. The van der Waals surface area contributed by atoms with Crippen LogP contribution in [0.2, 0.25) is 0 Å². The van der Waals surface area contributed by atoms with E-state index in [0.29, 0.717) is 24.5 Å². The quantitative estimate of drug-likeness (QED) is 0.768. The molecule has 82 valence electrons. The summed E-state index contributed by atoms with van der Waals surface area (Å²) >= 11 is 0. The van der Waals surface area contributed by atoms with E-state index in [-0.39, 0.29) is 5.25 Å². The zero-order valence-electron chi connectivity index (χ0n) is 8.64. The first-order valence-electron chi connectivity index (χ1n) is 4.99. The van der Waals surface area contributed by atoms with Crippen molar-refractivity contribution < 1.29 is 13.2 Å². The minimum absolute atomic E-state index is 0.330. The molecule has 0 aromatic heterocycles. The Bertz CT molecular complexity index is 427. The highest BCUT2D eigenvalue weighted by atomic mass is 32.2. The molecule has 1 aromatic carbocycles. The molecule has 1 fully saturated rings. The van der Waals surface area contributed by atoms with Crippen LogP contribution in [-0.4, -0.2) is 26.9 Å². The molecule has 1 aliphatic rings. The predicted molar refractivity (Wildman–Crippen MR) is 57.6 cm³/mol. The second-order valence-electron chi connectivity index (χ2n) is 3.84. The highest BCUT2D eigenvalue weighted by Crippen LogP contribution is 2.22. The van der Waals surface area contributed by atoms with Crippen LogP contribution in [-0.2, 0) is 14.6 Å². The van der Waals surface area contributed by atoms with Crippen LogP contribution in [0.5, 0.6) is 0 Å². The first-order valence-corrected chi connectivity index (χ1v) is 6.53. The molecule has 1 aromatic rings. The highest BCUT2D eigenvalue weighted by molar-refractivity contribution is 7.92. The van der Waals surface area contributed by atoms with Crippen LogP contribution >= 0.6 is 0 Å². The molecule has 1 heterocycles. The van der Waals surface area contributed by atoms with E-state index in [1.54, 1.807) is 12.1 Å². The van der Waals surface area contributed by atoms with Gasteiger partial charge in [0.1, 0.15) is 0 Å². The van der Waals surface area contributed by atoms with Crippen molar-refractivity contribution in [2.24, 2.45) is 0 Å². The predicted octanol–water partition coefficient (Wildman–Crippen LogP) is 1.56. The molecular weight excluding hydrogens is 212 g/mol. The number of sulfone groups is 1. The molecule has 0 spiro atoms. The van der Waals surface area contributed by atoms with Crippen LogP contribution in [0.25, 0.3) is 0 Å². The van der Waals surface area contributed by atoms with Crippen LogP contribution < -0.4 is 0 Å². The normalized spacial score (nSPS) is 21.8. The fourth-order valence-corrected chi connectivity index (χ4v) is 3.26. The second kappa shape index (κ2) is 3.94. The zero-order valence-corrected chi connectivity index (χ0v) is 9.46. The molecule has 1 atom stereocenters. The Morgan fingerprint density at radius 2 is 1.93 bits per heavy atom. The SMILES string of the molecule is Cc1ccc(S(=O)(=O)C2CCOC2)cc1. The van der Waals surface area contributed by atoms with Gasteiger partial charge < -0.3 is 4.74 Å². The standard InChI is InChI=1S/C11H14O3S/c1-9-2-4-10(5-3-9)15(12,13)11-6-7-14-8-11/h2-5,11H,6-8H2,1H3. The number of rotatable bonds is 2. The Hall–Kier alpha value is -0.870. The minimum atomic E-state index is -3.18. The summed E-state index contributed by atoms with van der Waals surface area (Å²) in [4.78, 5) is 0.406. The fourth-order valence-electron chi connectivity index (χ4n) is 1.68. The van der Waals surface area contributed by atoms with Crippen LogP contribution in [0.4, 0.5) is 0 Å². The number of ether oxygens (including phenoxy) is 1. The lowest BCUT2D eigenvalue weighted by molar-refractivity contribution is 0.198. The number of benzene rings is 1. The smallest absolute Gasteiger partial charge is 0.183 e. The molecule has 1 saturated heterocycles. The third-order valence-electron chi connectivity index (χ3n) is 2.68. The van der Waals surface area contributed by atoms with Gasteiger partial charge in [0.05, 0.1) is 16.8 Å². The van der Waals surface area contributed by atoms with Crippen molar-refractivity contribution in [2.45, 2.75) is 23.5 Å². The van der Waals surface area contributed by atoms with E-state index in [9.17, 15) is 8.42 Å². The molecule has 0 saturated carbocycles. The maximum atomic E-state index is 12.1. The van der Waals surface area contributed by atoms with Gasteiger partial charge in [0.2, 0.25) is 0 Å². The Morgan fingerprint density at radius 1 is 1.27 bits per heavy atom. The summed E-state index contributed by atoms with van der Waals surface area (Å²) in [6, 6.07) is 6.98. The monoisotopic (exact) mass is 226 g/mol. The van der Waals surface area contributed by atoms with Gasteiger partial charge >= 0.3 is 0 Å². The molecule has 0 N–H and O–H groups in total. The summed E-state index contributed by atoms with van der Waals surface area (Å²) in [5, 5.41) is -0.361. The molecular formula is C11H14O3S. The van der Waals surface area contributed by atoms with E-state index >= 15 is 0 Å². The first-order chi connectivity index (χ1) is 7.10. The Balaban J connectivity index is 2.32. The van der Waals surface area contributed by atoms with Crippen LogP contribution in [0.15, 0.2) is 29.2 Å². The Kier molecular flexibility index (Phi) is 2.80. The topological polar surface area (TPSA) is 43.4 Å². The summed E-state index contributed by atoms with van der Waals surface area (Å²) in [6.07, 6.45) is 0.607. The van der Waals surface area contributed by atoms with Gasteiger partial charge in [-0.15, -0.1) is 0 Å². The number of hydrogen-bond acceptors (Lipinski definition) is 3. The van der Waals surface area contributed by atoms with E-state index in [1.807, 2.05) is 19.1 Å². The largest absolute Gasteiger partial charge is 0.380 e. The van der Waals surface area contributed by atoms with Crippen molar-refractivity contribution in [3.05, 3.63) is 29.8 Å². The summed E-state index contributed by atoms with van der Waals surface area (Å²) < 4.78 is 29.2. The van der Waals surface area contributed by atoms with Gasteiger partial charge in [-0.05, 0) is 25.5 Å². The van der Waals surface area contributed by atoms with Gasteiger partial charge in [-0.25, -0.2) is 8.42 Å². The highest BCUT2D eigenvalue weighted by Gasteiger charge is 2.30. The molecule has 2 rings (SSSR count). The van der Waals surface area contributed by atoms with Crippen LogP contribution in [0.1, 0.15) is 12.0 Å². The van der Waals surface area contributed by atoms with Crippen molar-refractivity contribution in [3.8, 4) is 0 Å². The molecule has 0 amide bonds. The van der Waals surface area contributed by atoms with Crippen molar-refractivity contribution in [1.29, 1.82) is 0 Å². The minimum Gasteiger partial charge on any atom is -0.380 e. The van der Waals surface area contributed by atoms with Gasteiger partial charge in [0.25, 0.3) is 0 Å². The third-order valence-corrected chi connectivity index (χ3v) is 4.85. The summed E-state index contributed by atoms with van der Waals surface area (Å²) in [7, 11) is -3.18. The summed E-state index contributed by atoms with van der Waals surface area (Å²) in [5.74, 6) is 0. The van der Waals surface area contributed by atoms with E-state index in [1.165, 1.54) is 0 Å². The molecule has 1 unspecified atom stereocenters. The molecule has 1 aliphatic heterocycles. The summed E-state index contributed by atoms with van der Waals surface area (Å²) in [5.41, 5.74) is 1.07. The third kappa shape index (κ3) is 2.06.